The van der Waals surface area contributed by atoms with Crippen LogP contribution < -0.4 is 0 Å². The molecule has 0 radical (unpaired) electrons. The molecular formula is C17H22N2O2. The van der Waals surface area contributed by atoms with Gasteiger partial charge in [0.25, 0.3) is 0 Å². The van der Waals surface area contributed by atoms with Crippen LogP contribution in [-0.4, -0.2) is 22.4 Å². The number of rotatable bonds is 3. The summed E-state index contributed by atoms with van der Waals surface area (Å²) in [5.74, 6) is -0.325. The minimum Gasteiger partial charge on any atom is -0.461 e. The zero-order valence-electron chi connectivity index (χ0n) is 13.6. The van der Waals surface area contributed by atoms with Gasteiger partial charge in [0, 0.05) is 12.6 Å². The smallest absolute Gasteiger partial charge is 0.357 e. The molecule has 1 heterocycles. The third-order valence-corrected chi connectivity index (χ3v) is 3.77. The van der Waals surface area contributed by atoms with Crippen LogP contribution in [0.25, 0.3) is 11.1 Å². The molecule has 0 N–H and O–H groups in total. The van der Waals surface area contributed by atoms with Crippen LogP contribution in [-0.2, 0) is 11.8 Å². The summed E-state index contributed by atoms with van der Waals surface area (Å²) in [7, 11) is 1.78. The first-order valence-electron chi connectivity index (χ1n) is 7.15. The largest absolute Gasteiger partial charge is 0.461 e. The van der Waals surface area contributed by atoms with Gasteiger partial charge in [-0.05, 0) is 51.3 Å². The molecule has 0 unspecified atom stereocenters. The van der Waals surface area contributed by atoms with Crippen molar-refractivity contribution >= 4 is 5.97 Å². The number of esters is 1. The lowest BCUT2D eigenvalue weighted by Gasteiger charge is -2.12. The van der Waals surface area contributed by atoms with Gasteiger partial charge in [-0.1, -0.05) is 17.7 Å². The zero-order chi connectivity index (χ0) is 15.7. The molecule has 0 atom stereocenters. The van der Waals surface area contributed by atoms with Crippen LogP contribution >= 0.6 is 0 Å². The van der Waals surface area contributed by atoms with Crippen molar-refractivity contribution in [2.75, 3.05) is 6.61 Å². The Bertz CT molecular complexity index is 699. The van der Waals surface area contributed by atoms with Crippen molar-refractivity contribution in [2.45, 2.75) is 34.6 Å². The molecule has 0 saturated carbocycles. The fraction of sp³-hybridized carbons (Fsp3) is 0.412. The molecule has 112 valence electrons. The van der Waals surface area contributed by atoms with Crippen molar-refractivity contribution < 1.29 is 9.53 Å². The average Bonchev–Trinajstić information content (AvgIpc) is 2.69. The molecule has 0 bridgehead atoms. The Labute approximate surface area is 125 Å². The Morgan fingerprint density at radius 2 is 1.90 bits per heavy atom. The first kappa shape index (κ1) is 15.3. The molecule has 2 rings (SSSR count). The van der Waals surface area contributed by atoms with Gasteiger partial charge in [-0.25, -0.2) is 4.79 Å². The summed E-state index contributed by atoms with van der Waals surface area (Å²) in [5, 5.41) is 4.41. The molecule has 0 spiro atoms. The topological polar surface area (TPSA) is 44.1 Å². The molecule has 0 amide bonds. The molecule has 0 aliphatic carbocycles. The first-order chi connectivity index (χ1) is 9.86. The number of benzene rings is 1. The highest BCUT2D eigenvalue weighted by atomic mass is 16.5. The Morgan fingerprint density at radius 3 is 2.52 bits per heavy atom. The van der Waals surface area contributed by atoms with Crippen molar-refractivity contribution in [3.63, 3.8) is 0 Å². The van der Waals surface area contributed by atoms with Gasteiger partial charge < -0.3 is 4.74 Å². The second kappa shape index (κ2) is 5.72. The third-order valence-electron chi connectivity index (χ3n) is 3.77. The SMILES string of the molecule is CCOC(=O)c1c(-c2cc(C)cc(C)c2C)c(C)nn1C. The van der Waals surface area contributed by atoms with E-state index in [9.17, 15) is 4.79 Å². The number of ether oxygens (including phenoxy) is 1. The summed E-state index contributed by atoms with van der Waals surface area (Å²) < 4.78 is 6.80. The molecular weight excluding hydrogens is 264 g/mol. The van der Waals surface area contributed by atoms with E-state index in [4.69, 9.17) is 4.74 Å². The predicted molar refractivity (Wildman–Crippen MR) is 83.5 cm³/mol. The third kappa shape index (κ3) is 2.71. The Balaban J connectivity index is 2.73. The Kier molecular flexibility index (Phi) is 4.16. The van der Waals surface area contributed by atoms with E-state index in [2.05, 4.69) is 38.0 Å². The maximum Gasteiger partial charge on any atom is 0.357 e. The Hall–Kier alpha value is -2.10. The van der Waals surface area contributed by atoms with E-state index in [1.165, 1.54) is 16.7 Å². The lowest BCUT2D eigenvalue weighted by Crippen LogP contribution is -2.12. The summed E-state index contributed by atoms with van der Waals surface area (Å²) >= 11 is 0. The van der Waals surface area contributed by atoms with Crippen LogP contribution in [0.1, 0.15) is 39.8 Å². The lowest BCUT2D eigenvalue weighted by molar-refractivity contribution is 0.0514. The number of hydrogen-bond donors (Lipinski definition) is 0. The van der Waals surface area contributed by atoms with Gasteiger partial charge in [-0.3, -0.25) is 4.68 Å². The molecule has 1 aromatic carbocycles. The van der Waals surface area contributed by atoms with Crippen LogP contribution in [0.3, 0.4) is 0 Å². The van der Waals surface area contributed by atoms with Gasteiger partial charge in [0.2, 0.25) is 0 Å². The first-order valence-corrected chi connectivity index (χ1v) is 7.15. The molecule has 0 aliphatic rings. The van der Waals surface area contributed by atoms with E-state index in [1.54, 1.807) is 11.7 Å². The normalized spacial score (nSPS) is 10.8. The Morgan fingerprint density at radius 1 is 1.24 bits per heavy atom. The monoisotopic (exact) mass is 286 g/mol. The lowest BCUT2D eigenvalue weighted by atomic mass is 9.93. The van der Waals surface area contributed by atoms with E-state index in [0.29, 0.717) is 12.3 Å². The summed E-state index contributed by atoms with van der Waals surface area (Å²) in [5.41, 5.74) is 6.84. The van der Waals surface area contributed by atoms with Gasteiger partial charge in [0.05, 0.1) is 12.3 Å². The van der Waals surface area contributed by atoms with E-state index >= 15 is 0 Å². The molecule has 0 aliphatic heterocycles. The highest BCUT2D eigenvalue weighted by Crippen LogP contribution is 2.32. The summed E-state index contributed by atoms with van der Waals surface area (Å²) in [6, 6.07) is 4.25. The molecule has 4 nitrogen and oxygen atoms in total. The van der Waals surface area contributed by atoms with Gasteiger partial charge in [-0.15, -0.1) is 0 Å². The molecule has 21 heavy (non-hydrogen) atoms. The fourth-order valence-corrected chi connectivity index (χ4v) is 2.71. The van der Waals surface area contributed by atoms with Gasteiger partial charge in [0.1, 0.15) is 0 Å². The van der Waals surface area contributed by atoms with Crippen molar-refractivity contribution in [1.82, 2.24) is 9.78 Å². The molecule has 4 heteroatoms. The van der Waals surface area contributed by atoms with Crippen molar-refractivity contribution in [2.24, 2.45) is 7.05 Å². The van der Waals surface area contributed by atoms with E-state index in [0.717, 1.165) is 16.8 Å². The maximum absolute atomic E-state index is 12.3. The van der Waals surface area contributed by atoms with Crippen molar-refractivity contribution in [3.8, 4) is 11.1 Å². The molecule has 2 aromatic rings. The van der Waals surface area contributed by atoms with E-state index < -0.39 is 0 Å². The quantitative estimate of drug-likeness (QED) is 0.811. The number of carbonyl (C=O) groups excluding carboxylic acids is 1. The maximum atomic E-state index is 12.3. The minimum atomic E-state index is -0.325. The van der Waals surface area contributed by atoms with Gasteiger partial charge in [0.15, 0.2) is 5.69 Å². The second-order valence-electron chi connectivity index (χ2n) is 5.41. The van der Waals surface area contributed by atoms with Crippen molar-refractivity contribution in [3.05, 3.63) is 40.2 Å². The van der Waals surface area contributed by atoms with Crippen molar-refractivity contribution in [1.29, 1.82) is 0 Å². The zero-order valence-corrected chi connectivity index (χ0v) is 13.6. The summed E-state index contributed by atoms with van der Waals surface area (Å²) in [4.78, 5) is 12.3. The number of carbonyl (C=O) groups is 1. The number of aryl methyl sites for hydroxylation is 4. The van der Waals surface area contributed by atoms with Crippen LogP contribution in [0, 0.1) is 27.7 Å². The molecule has 1 aromatic heterocycles. The van der Waals surface area contributed by atoms with Gasteiger partial charge >= 0.3 is 5.97 Å². The summed E-state index contributed by atoms with van der Waals surface area (Å²) in [6.07, 6.45) is 0. The van der Waals surface area contributed by atoms with Gasteiger partial charge in [-0.2, -0.15) is 5.10 Å². The fourth-order valence-electron chi connectivity index (χ4n) is 2.71. The average molecular weight is 286 g/mol. The van der Waals surface area contributed by atoms with Crippen LogP contribution in [0.2, 0.25) is 0 Å². The number of hydrogen-bond acceptors (Lipinski definition) is 3. The standard InChI is InChI=1S/C17H22N2O2/c1-7-21-17(20)16-15(13(5)18-19(16)6)14-9-10(2)8-11(3)12(14)4/h8-9H,7H2,1-6H3. The highest BCUT2D eigenvalue weighted by Gasteiger charge is 2.23. The predicted octanol–water partition coefficient (Wildman–Crippen LogP) is 3.50. The van der Waals surface area contributed by atoms with Crippen LogP contribution in [0.15, 0.2) is 12.1 Å². The second-order valence-corrected chi connectivity index (χ2v) is 5.41. The number of nitrogens with zero attached hydrogens (tertiary/aromatic N) is 2. The number of aromatic nitrogens is 2. The van der Waals surface area contributed by atoms with Crippen LogP contribution in [0.4, 0.5) is 0 Å². The summed E-state index contributed by atoms with van der Waals surface area (Å²) in [6.45, 7) is 10.3. The van der Waals surface area contributed by atoms with Crippen LogP contribution in [0.5, 0.6) is 0 Å². The van der Waals surface area contributed by atoms with E-state index in [-0.39, 0.29) is 5.97 Å². The van der Waals surface area contributed by atoms with E-state index in [1.807, 2.05) is 13.8 Å². The highest BCUT2D eigenvalue weighted by molar-refractivity contribution is 5.97. The minimum absolute atomic E-state index is 0.325. The molecule has 0 fully saturated rings. The molecule has 0 saturated heterocycles.